The van der Waals surface area contributed by atoms with Gasteiger partial charge in [-0.3, -0.25) is 9.55 Å². The molecule has 0 N–H and O–H groups in total. The van der Waals surface area contributed by atoms with Crippen LogP contribution in [0.15, 0.2) is 194 Å². The third-order valence-corrected chi connectivity index (χ3v) is 9.90. The van der Waals surface area contributed by atoms with Crippen LogP contribution in [-0.4, -0.2) is 24.3 Å². The van der Waals surface area contributed by atoms with Gasteiger partial charge in [0.1, 0.15) is 0 Å². The van der Waals surface area contributed by atoms with Crippen molar-refractivity contribution in [1.82, 2.24) is 24.3 Å². The lowest BCUT2D eigenvalue weighted by Gasteiger charge is -2.26. The predicted octanol–water partition coefficient (Wildman–Crippen LogP) is 11.7. The van der Waals surface area contributed by atoms with Crippen molar-refractivity contribution in [3.05, 3.63) is 194 Å². The summed E-state index contributed by atoms with van der Waals surface area (Å²) in [5, 5.41) is 13.1. The van der Waals surface area contributed by atoms with Gasteiger partial charge in [-0.05, 0) is 97.1 Å². The van der Waals surface area contributed by atoms with Crippen molar-refractivity contribution in [2.75, 3.05) is 4.90 Å². The highest BCUT2D eigenvalue weighted by Crippen LogP contribution is 2.38. The monoisotopic (exact) mass is 680 g/mol. The predicted molar refractivity (Wildman–Crippen MR) is 217 cm³/mol. The highest BCUT2D eigenvalue weighted by molar-refractivity contribution is 6.09. The molecule has 0 aliphatic carbocycles. The molecule has 0 bridgehead atoms. The number of para-hydroxylation sites is 3. The van der Waals surface area contributed by atoms with Crippen LogP contribution in [-0.2, 0) is 0 Å². The van der Waals surface area contributed by atoms with Crippen LogP contribution in [0.2, 0.25) is 0 Å². The Labute approximate surface area is 306 Å². The van der Waals surface area contributed by atoms with Crippen LogP contribution in [0, 0.1) is 0 Å². The van der Waals surface area contributed by atoms with E-state index in [1.807, 2.05) is 42.6 Å². The smallest absolute Gasteiger partial charge is 0.168 e. The van der Waals surface area contributed by atoms with Crippen molar-refractivity contribution in [2.24, 2.45) is 0 Å². The Kier molecular flexibility index (Phi) is 7.36. The van der Waals surface area contributed by atoms with Gasteiger partial charge in [0.2, 0.25) is 0 Å². The summed E-state index contributed by atoms with van der Waals surface area (Å²) in [6, 6.07) is 65.6. The van der Waals surface area contributed by atoms with Gasteiger partial charge in [-0.2, -0.15) is 0 Å². The summed E-state index contributed by atoms with van der Waals surface area (Å²) in [4.78, 5) is 6.92. The lowest BCUT2D eigenvalue weighted by molar-refractivity contribution is 1.08. The molecule has 0 spiro atoms. The fourth-order valence-corrected chi connectivity index (χ4v) is 7.49. The maximum Gasteiger partial charge on any atom is 0.168 e. The molecular formula is C47H32N6. The van der Waals surface area contributed by atoms with E-state index in [4.69, 9.17) is 10.2 Å². The van der Waals surface area contributed by atoms with Gasteiger partial charge in [0.15, 0.2) is 11.6 Å². The number of hydrogen-bond acceptors (Lipinski definition) is 4. The number of pyridine rings is 1. The van der Waals surface area contributed by atoms with E-state index in [2.05, 4.69) is 171 Å². The Balaban J connectivity index is 1.07. The molecule has 250 valence electrons. The molecule has 7 aromatic carbocycles. The van der Waals surface area contributed by atoms with E-state index in [1.54, 1.807) is 0 Å². The second-order valence-corrected chi connectivity index (χ2v) is 13.0. The maximum absolute atomic E-state index is 4.79. The van der Waals surface area contributed by atoms with Crippen LogP contribution in [0.1, 0.15) is 0 Å². The first-order valence-corrected chi connectivity index (χ1v) is 17.7. The van der Waals surface area contributed by atoms with Crippen LogP contribution < -0.4 is 4.90 Å². The topological polar surface area (TPSA) is 51.8 Å². The van der Waals surface area contributed by atoms with E-state index in [-0.39, 0.29) is 0 Å². The Hall–Kier alpha value is -7.31. The highest BCUT2D eigenvalue weighted by atomic mass is 15.3. The molecule has 6 nitrogen and oxygen atoms in total. The normalized spacial score (nSPS) is 11.4. The van der Waals surface area contributed by atoms with Gasteiger partial charge < -0.3 is 9.47 Å². The largest absolute Gasteiger partial charge is 0.311 e. The molecule has 10 rings (SSSR count). The molecule has 10 aromatic rings. The van der Waals surface area contributed by atoms with Crippen LogP contribution in [0.3, 0.4) is 0 Å². The van der Waals surface area contributed by atoms with Crippen LogP contribution >= 0.6 is 0 Å². The third-order valence-electron chi connectivity index (χ3n) is 9.90. The van der Waals surface area contributed by atoms with Gasteiger partial charge in [-0.1, -0.05) is 91.0 Å². The summed E-state index contributed by atoms with van der Waals surface area (Å²) < 4.78 is 4.50. The molecule has 0 fully saturated rings. The zero-order valence-corrected chi connectivity index (χ0v) is 28.7. The van der Waals surface area contributed by atoms with Crippen LogP contribution in [0.5, 0.6) is 0 Å². The zero-order chi connectivity index (χ0) is 35.1. The molecule has 6 heteroatoms. The molecule has 0 aliphatic heterocycles. The third kappa shape index (κ3) is 5.24. The fraction of sp³-hybridized carbons (Fsp3) is 0. The summed E-state index contributed by atoms with van der Waals surface area (Å²) in [6.07, 6.45) is 1.83. The highest BCUT2D eigenvalue weighted by Gasteiger charge is 2.20. The average Bonchev–Trinajstić information content (AvgIpc) is 3.82. The van der Waals surface area contributed by atoms with Gasteiger partial charge in [-0.25, -0.2) is 0 Å². The minimum atomic E-state index is 0.758. The summed E-state index contributed by atoms with van der Waals surface area (Å²) in [6.45, 7) is 0. The van der Waals surface area contributed by atoms with Crippen LogP contribution in [0.25, 0.3) is 66.9 Å². The lowest BCUT2D eigenvalue weighted by Crippen LogP contribution is -2.10. The second kappa shape index (κ2) is 12.8. The van der Waals surface area contributed by atoms with Crippen molar-refractivity contribution < 1.29 is 0 Å². The summed E-state index contributed by atoms with van der Waals surface area (Å²) in [5.74, 6) is 1.53. The van der Waals surface area contributed by atoms with Crippen molar-refractivity contribution in [1.29, 1.82) is 0 Å². The first kappa shape index (κ1) is 30.5. The molecule has 0 saturated carbocycles. The van der Waals surface area contributed by atoms with Crippen LogP contribution in [0.4, 0.5) is 17.1 Å². The summed E-state index contributed by atoms with van der Waals surface area (Å²) >= 11 is 0. The number of nitrogens with zero attached hydrogens (tertiary/aromatic N) is 6. The maximum atomic E-state index is 4.79. The number of fused-ring (bicyclic) bond motifs is 4. The Morgan fingerprint density at radius 2 is 0.906 bits per heavy atom. The van der Waals surface area contributed by atoms with Crippen molar-refractivity contribution in [3.8, 4) is 34.2 Å². The number of benzene rings is 7. The fourth-order valence-electron chi connectivity index (χ4n) is 7.49. The first-order chi connectivity index (χ1) is 26.3. The van der Waals surface area contributed by atoms with Gasteiger partial charge in [0, 0.05) is 56.2 Å². The standard InChI is InChI=1S/C47H32N6/c1-3-13-33(14-4-1)46-49-50-47(53(46)45-23-11-20-42-41(45)19-12-32-48-42)34-24-26-36(27-25-34)51(35-15-5-2-6-16-35)37-28-30-38(31-29-37)52-43-21-9-7-17-39(43)40-18-8-10-22-44(40)52/h1-32H. The minimum absolute atomic E-state index is 0.758. The lowest BCUT2D eigenvalue weighted by atomic mass is 10.1. The quantitative estimate of drug-likeness (QED) is 0.168. The van der Waals surface area contributed by atoms with E-state index in [0.717, 1.165) is 62.1 Å². The number of hydrogen-bond donors (Lipinski definition) is 0. The SMILES string of the molecule is c1ccc(-c2nnc(-c3ccc(N(c4ccccc4)c4ccc(-n5c6ccccc6c6ccccc65)cc4)cc3)n2-c2cccc3ncccc23)cc1. The van der Waals surface area contributed by atoms with Crippen molar-refractivity contribution >= 4 is 49.8 Å². The number of anilines is 3. The van der Waals surface area contributed by atoms with Gasteiger partial charge >= 0.3 is 0 Å². The molecule has 0 saturated heterocycles. The molecule has 3 heterocycles. The number of rotatable bonds is 7. The Morgan fingerprint density at radius 3 is 1.57 bits per heavy atom. The Bertz CT molecular complexity index is 2820. The minimum Gasteiger partial charge on any atom is -0.311 e. The van der Waals surface area contributed by atoms with E-state index in [0.29, 0.717) is 0 Å². The summed E-state index contributed by atoms with van der Waals surface area (Å²) in [7, 11) is 0. The second-order valence-electron chi connectivity index (χ2n) is 13.0. The molecule has 0 amide bonds. The molecule has 0 radical (unpaired) electrons. The molecule has 0 aliphatic rings. The van der Waals surface area contributed by atoms with Gasteiger partial charge in [0.25, 0.3) is 0 Å². The van der Waals surface area contributed by atoms with Crippen molar-refractivity contribution in [3.63, 3.8) is 0 Å². The van der Waals surface area contributed by atoms with Gasteiger partial charge in [0.05, 0.1) is 22.2 Å². The first-order valence-electron chi connectivity index (χ1n) is 17.7. The molecule has 0 unspecified atom stereocenters. The molecule has 3 aromatic heterocycles. The molecular weight excluding hydrogens is 649 g/mol. The van der Waals surface area contributed by atoms with Crippen molar-refractivity contribution in [2.45, 2.75) is 0 Å². The van der Waals surface area contributed by atoms with Gasteiger partial charge in [-0.15, -0.1) is 10.2 Å². The van der Waals surface area contributed by atoms with E-state index in [9.17, 15) is 0 Å². The number of aromatic nitrogens is 5. The molecule has 53 heavy (non-hydrogen) atoms. The van der Waals surface area contributed by atoms with E-state index < -0.39 is 0 Å². The average molecular weight is 681 g/mol. The Morgan fingerprint density at radius 1 is 0.377 bits per heavy atom. The van der Waals surface area contributed by atoms with E-state index >= 15 is 0 Å². The summed E-state index contributed by atoms with van der Waals surface area (Å²) in [5.41, 5.74) is 10.5. The zero-order valence-electron chi connectivity index (χ0n) is 28.7. The van der Waals surface area contributed by atoms with E-state index in [1.165, 1.54) is 21.8 Å². The molecule has 0 atom stereocenters.